The molecule has 0 amide bonds. The summed E-state index contributed by atoms with van der Waals surface area (Å²) in [5.74, 6) is 2.24. The summed E-state index contributed by atoms with van der Waals surface area (Å²) in [4.78, 5) is 4.66. The standard InChI is InChI=1S/C20H19FN4OS3/c1-2-25-18(13-28-20-22-15-8-4-6-10-17(15)29-20)23-24-19(25)27-12-11-26-16-9-5-3-7-14(16)21/h3-10H,2,11-13H2,1H3. The molecule has 0 aliphatic carbocycles. The quantitative estimate of drug-likeness (QED) is 0.250. The van der Waals surface area contributed by atoms with E-state index in [2.05, 4.69) is 32.7 Å². The number of fused-ring (bicyclic) bond motifs is 1. The van der Waals surface area contributed by atoms with Crippen molar-refractivity contribution < 1.29 is 9.13 Å². The molecule has 0 atom stereocenters. The van der Waals surface area contributed by atoms with Crippen LogP contribution in [0.15, 0.2) is 58.0 Å². The van der Waals surface area contributed by atoms with Gasteiger partial charge in [-0.1, -0.05) is 47.8 Å². The number of thioether (sulfide) groups is 2. The fourth-order valence-corrected chi connectivity index (χ4v) is 5.58. The lowest BCUT2D eigenvalue weighted by Gasteiger charge is -2.08. The number of thiazole rings is 1. The smallest absolute Gasteiger partial charge is 0.191 e. The molecule has 4 rings (SSSR count). The molecule has 5 nitrogen and oxygen atoms in total. The van der Waals surface area contributed by atoms with Crippen LogP contribution >= 0.6 is 34.9 Å². The average molecular weight is 447 g/mol. The maximum Gasteiger partial charge on any atom is 0.191 e. The molecular formula is C20H19FN4OS3. The molecule has 2 aromatic carbocycles. The Morgan fingerprint density at radius 2 is 1.90 bits per heavy atom. The van der Waals surface area contributed by atoms with Gasteiger partial charge in [0.25, 0.3) is 0 Å². The fraction of sp³-hybridized carbons (Fsp3) is 0.250. The number of halogens is 1. The second-order valence-corrected chi connectivity index (χ2v) is 9.32. The number of ether oxygens (including phenoxy) is 1. The summed E-state index contributed by atoms with van der Waals surface area (Å²) in [7, 11) is 0. The van der Waals surface area contributed by atoms with Crippen molar-refractivity contribution in [3.8, 4) is 5.75 Å². The van der Waals surface area contributed by atoms with Gasteiger partial charge in [-0.15, -0.1) is 21.5 Å². The lowest BCUT2D eigenvalue weighted by Crippen LogP contribution is -2.05. The predicted octanol–water partition coefficient (Wildman–Crippen LogP) is 5.51. The van der Waals surface area contributed by atoms with Crippen LogP contribution in [0.4, 0.5) is 4.39 Å². The summed E-state index contributed by atoms with van der Waals surface area (Å²) in [5, 5.41) is 9.53. The molecule has 0 fully saturated rings. The van der Waals surface area contributed by atoms with Crippen molar-refractivity contribution in [3.63, 3.8) is 0 Å². The first-order valence-corrected chi connectivity index (χ1v) is 11.9. The van der Waals surface area contributed by atoms with E-state index in [-0.39, 0.29) is 11.6 Å². The van der Waals surface area contributed by atoms with Gasteiger partial charge in [-0.3, -0.25) is 0 Å². The van der Waals surface area contributed by atoms with Crippen LogP contribution in [0.1, 0.15) is 12.7 Å². The molecule has 0 spiro atoms. The van der Waals surface area contributed by atoms with E-state index in [1.54, 1.807) is 53.1 Å². The number of nitrogens with zero attached hydrogens (tertiary/aromatic N) is 4. The van der Waals surface area contributed by atoms with Gasteiger partial charge in [0.05, 0.1) is 22.6 Å². The Morgan fingerprint density at radius 1 is 1.07 bits per heavy atom. The minimum absolute atomic E-state index is 0.276. The van der Waals surface area contributed by atoms with Crippen molar-refractivity contribution in [2.75, 3.05) is 12.4 Å². The Labute approximate surface area is 180 Å². The number of para-hydroxylation sites is 2. The fourth-order valence-electron chi connectivity index (χ4n) is 2.74. The molecule has 0 aliphatic rings. The van der Waals surface area contributed by atoms with Crippen molar-refractivity contribution in [1.29, 1.82) is 0 Å². The Bertz CT molecular complexity index is 1070. The Balaban J connectivity index is 1.33. The highest BCUT2D eigenvalue weighted by Gasteiger charge is 2.13. The van der Waals surface area contributed by atoms with Gasteiger partial charge >= 0.3 is 0 Å². The van der Waals surface area contributed by atoms with Crippen LogP contribution in [0.5, 0.6) is 5.75 Å². The highest BCUT2D eigenvalue weighted by atomic mass is 32.2. The first-order valence-electron chi connectivity index (χ1n) is 9.15. The molecule has 0 saturated carbocycles. The van der Waals surface area contributed by atoms with Crippen molar-refractivity contribution in [3.05, 3.63) is 60.2 Å². The molecule has 0 aliphatic heterocycles. The minimum Gasteiger partial charge on any atom is -0.490 e. The topological polar surface area (TPSA) is 52.8 Å². The zero-order valence-corrected chi connectivity index (χ0v) is 18.2. The number of hydrogen-bond acceptors (Lipinski definition) is 7. The highest BCUT2D eigenvalue weighted by Crippen LogP contribution is 2.31. The second kappa shape index (κ2) is 9.60. The third-order valence-electron chi connectivity index (χ3n) is 4.12. The molecule has 2 heterocycles. The van der Waals surface area contributed by atoms with Gasteiger partial charge in [-0.25, -0.2) is 9.37 Å². The predicted molar refractivity (Wildman–Crippen MR) is 117 cm³/mol. The summed E-state index contributed by atoms with van der Waals surface area (Å²) in [6.07, 6.45) is 0. The summed E-state index contributed by atoms with van der Waals surface area (Å²) in [6, 6.07) is 14.6. The molecule has 29 heavy (non-hydrogen) atoms. The maximum atomic E-state index is 13.6. The van der Waals surface area contributed by atoms with Gasteiger partial charge < -0.3 is 9.30 Å². The SMILES string of the molecule is CCn1c(CSc2nc3ccccc3s2)nnc1SCCOc1ccccc1F. The first kappa shape index (κ1) is 20.2. The zero-order chi connectivity index (χ0) is 20.1. The van der Waals surface area contributed by atoms with E-state index in [1.165, 1.54) is 10.8 Å². The molecule has 0 unspecified atom stereocenters. The van der Waals surface area contributed by atoms with Crippen LogP contribution in [0, 0.1) is 5.82 Å². The van der Waals surface area contributed by atoms with Crippen LogP contribution in [0.25, 0.3) is 10.2 Å². The molecule has 2 aromatic heterocycles. The van der Waals surface area contributed by atoms with Crippen LogP contribution in [-0.4, -0.2) is 32.1 Å². The molecule has 4 aromatic rings. The van der Waals surface area contributed by atoms with Crippen LogP contribution < -0.4 is 4.74 Å². The lowest BCUT2D eigenvalue weighted by molar-refractivity contribution is 0.325. The van der Waals surface area contributed by atoms with Crippen molar-refractivity contribution in [2.24, 2.45) is 0 Å². The first-order chi connectivity index (χ1) is 14.2. The molecule has 0 saturated heterocycles. The Kier molecular flexibility index (Phi) is 6.68. The molecule has 0 N–H and O–H groups in total. The monoisotopic (exact) mass is 446 g/mol. The van der Waals surface area contributed by atoms with Gasteiger partial charge in [0.1, 0.15) is 5.82 Å². The number of benzene rings is 2. The van der Waals surface area contributed by atoms with Crippen LogP contribution in [-0.2, 0) is 12.3 Å². The third-order valence-corrected chi connectivity index (χ3v) is 7.22. The molecule has 0 radical (unpaired) electrons. The van der Waals surface area contributed by atoms with Crippen molar-refractivity contribution >= 4 is 45.1 Å². The minimum atomic E-state index is -0.344. The molecule has 9 heteroatoms. The van der Waals surface area contributed by atoms with Gasteiger partial charge in [0.2, 0.25) is 0 Å². The van der Waals surface area contributed by atoms with Crippen LogP contribution in [0.2, 0.25) is 0 Å². The van der Waals surface area contributed by atoms with E-state index < -0.39 is 0 Å². The van der Waals surface area contributed by atoms with Gasteiger partial charge in [-0.2, -0.15) is 0 Å². The third kappa shape index (κ3) is 4.91. The summed E-state index contributed by atoms with van der Waals surface area (Å²) in [6.45, 7) is 3.27. The van der Waals surface area contributed by atoms with E-state index in [0.29, 0.717) is 18.1 Å². The average Bonchev–Trinajstić information content (AvgIpc) is 3.33. The molecular weight excluding hydrogens is 427 g/mol. The van der Waals surface area contributed by atoms with Gasteiger partial charge in [0, 0.05) is 12.3 Å². The van der Waals surface area contributed by atoms with Crippen molar-refractivity contribution in [1.82, 2.24) is 19.7 Å². The van der Waals surface area contributed by atoms with Crippen molar-refractivity contribution in [2.45, 2.75) is 28.7 Å². The van der Waals surface area contributed by atoms with E-state index in [9.17, 15) is 4.39 Å². The number of rotatable bonds is 9. The van der Waals surface area contributed by atoms with E-state index in [0.717, 1.165) is 27.4 Å². The van der Waals surface area contributed by atoms with E-state index in [4.69, 9.17) is 4.74 Å². The number of hydrogen-bond donors (Lipinski definition) is 0. The zero-order valence-electron chi connectivity index (χ0n) is 15.7. The summed E-state index contributed by atoms with van der Waals surface area (Å²) < 4.78 is 23.4. The maximum absolute atomic E-state index is 13.6. The van der Waals surface area contributed by atoms with Crippen LogP contribution in [0.3, 0.4) is 0 Å². The number of aromatic nitrogens is 4. The Morgan fingerprint density at radius 3 is 2.72 bits per heavy atom. The Hall–Kier alpha value is -2.10. The second-order valence-electron chi connectivity index (χ2n) is 6.01. The highest BCUT2D eigenvalue weighted by molar-refractivity contribution is 8.00. The van der Waals surface area contributed by atoms with Gasteiger partial charge in [0.15, 0.2) is 21.1 Å². The van der Waals surface area contributed by atoms with Gasteiger partial charge in [-0.05, 0) is 31.2 Å². The van der Waals surface area contributed by atoms with E-state index in [1.807, 2.05) is 18.2 Å². The summed E-state index contributed by atoms with van der Waals surface area (Å²) in [5.41, 5.74) is 1.03. The molecule has 150 valence electrons. The molecule has 0 bridgehead atoms. The largest absolute Gasteiger partial charge is 0.490 e. The lowest BCUT2D eigenvalue weighted by atomic mass is 10.3. The van der Waals surface area contributed by atoms with E-state index >= 15 is 0 Å². The normalized spacial score (nSPS) is 11.2. The summed E-state index contributed by atoms with van der Waals surface area (Å²) >= 11 is 4.94.